The zero-order valence-corrected chi connectivity index (χ0v) is 12.6. The van der Waals surface area contributed by atoms with Crippen LogP contribution in [-0.2, 0) is 6.54 Å². The van der Waals surface area contributed by atoms with E-state index in [1.54, 1.807) is 18.3 Å². The molecule has 0 saturated carbocycles. The summed E-state index contributed by atoms with van der Waals surface area (Å²) in [5.41, 5.74) is 1.64. The van der Waals surface area contributed by atoms with Crippen molar-refractivity contribution in [3.05, 3.63) is 57.3 Å². The van der Waals surface area contributed by atoms with Crippen LogP contribution in [-0.4, -0.2) is 6.03 Å². The van der Waals surface area contributed by atoms with Crippen molar-refractivity contribution >= 4 is 17.4 Å². The third-order valence-corrected chi connectivity index (χ3v) is 4.19. The molecule has 0 aliphatic carbocycles. The molecule has 1 aromatic heterocycles. The molecule has 1 aromatic carbocycles. The van der Waals surface area contributed by atoms with Crippen LogP contribution in [0.2, 0.25) is 0 Å². The molecule has 0 spiro atoms. The van der Waals surface area contributed by atoms with Crippen LogP contribution in [0.15, 0.2) is 29.6 Å². The summed E-state index contributed by atoms with van der Waals surface area (Å²) < 4.78 is 26.0. The summed E-state index contributed by atoms with van der Waals surface area (Å²) in [6.45, 7) is 4.14. The molecule has 1 heterocycles. The van der Waals surface area contributed by atoms with Crippen LogP contribution in [0.4, 0.5) is 13.6 Å². The molecular weight excluding hydrogens is 294 g/mol. The van der Waals surface area contributed by atoms with Gasteiger partial charge in [-0.15, -0.1) is 11.3 Å². The number of carbonyl (C=O) groups is 1. The highest BCUT2D eigenvalue weighted by atomic mass is 32.1. The minimum absolute atomic E-state index is 0.347. The van der Waals surface area contributed by atoms with E-state index < -0.39 is 17.7 Å². The number of halogens is 2. The number of hydrogen-bond acceptors (Lipinski definition) is 2. The largest absolute Gasteiger partial charge is 0.333 e. The number of thiophene rings is 1. The Morgan fingerprint density at radius 2 is 2.05 bits per heavy atom. The van der Waals surface area contributed by atoms with E-state index in [4.69, 9.17) is 0 Å². The van der Waals surface area contributed by atoms with Gasteiger partial charge in [-0.3, -0.25) is 0 Å². The smallest absolute Gasteiger partial charge is 0.315 e. The molecule has 0 saturated heterocycles. The lowest BCUT2D eigenvalue weighted by Gasteiger charge is -2.15. The van der Waals surface area contributed by atoms with E-state index in [2.05, 4.69) is 10.6 Å². The molecule has 0 radical (unpaired) electrons. The lowest BCUT2D eigenvalue weighted by molar-refractivity contribution is 0.237. The van der Waals surface area contributed by atoms with E-state index in [0.717, 1.165) is 22.6 Å². The van der Waals surface area contributed by atoms with Crippen molar-refractivity contribution in [3.63, 3.8) is 0 Å². The van der Waals surface area contributed by atoms with Gasteiger partial charge in [-0.05, 0) is 48.6 Å². The summed E-state index contributed by atoms with van der Waals surface area (Å²) in [4.78, 5) is 12.9. The maximum Gasteiger partial charge on any atom is 0.315 e. The first kappa shape index (κ1) is 15.4. The van der Waals surface area contributed by atoms with Crippen molar-refractivity contribution in [2.45, 2.75) is 26.4 Å². The number of urea groups is 1. The van der Waals surface area contributed by atoms with Gasteiger partial charge in [-0.1, -0.05) is 6.07 Å². The van der Waals surface area contributed by atoms with E-state index in [0.29, 0.717) is 12.1 Å². The number of hydrogen-bond donors (Lipinski definition) is 2. The molecule has 0 bridgehead atoms. The summed E-state index contributed by atoms with van der Waals surface area (Å²) in [6.07, 6.45) is 0. The molecule has 6 heteroatoms. The van der Waals surface area contributed by atoms with Crippen LogP contribution < -0.4 is 10.6 Å². The zero-order valence-electron chi connectivity index (χ0n) is 11.7. The second kappa shape index (κ2) is 6.67. The van der Waals surface area contributed by atoms with Gasteiger partial charge in [0, 0.05) is 4.88 Å². The molecule has 2 N–H and O–H groups in total. The first-order valence-electron chi connectivity index (χ1n) is 6.49. The van der Waals surface area contributed by atoms with Gasteiger partial charge in [-0.25, -0.2) is 13.6 Å². The quantitative estimate of drug-likeness (QED) is 0.883. The average molecular weight is 310 g/mol. The van der Waals surface area contributed by atoms with Crippen LogP contribution in [0.5, 0.6) is 0 Å². The monoisotopic (exact) mass is 310 g/mol. The Bertz CT molecular complexity index is 642. The Labute approximate surface area is 126 Å². The molecule has 3 nitrogen and oxygen atoms in total. The van der Waals surface area contributed by atoms with E-state index >= 15 is 0 Å². The van der Waals surface area contributed by atoms with E-state index in [-0.39, 0.29) is 6.03 Å². The van der Waals surface area contributed by atoms with Crippen molar-refractivity contribution in [2.24, 2.45) is 0 Å². The number of benzene rings is 1. The third-order valence-electron chi connectivity index (χ3n) is 3.17. The van der Waals surface area contributed by atoms with Crippen LogP contribution in [0.3, 0.4) is 0 Å². The van der Waals surface area contributed by atoms with Crippen LogP contribution in [0.25, 0.3) is 0 Å². The number of aryl methyl sites for hydroxylation is 1. The van der Waals surface area contributed by atoms with Gasteiger partial charge in [0.2, 0.25) is 0 Å². The predicted molar refractivity (Wildman–Crippen MR) is 79.2 cm³/mol. The minimum atomic E-state index is -0.921. The fourth-order valence-electron chi connectivity index (χ4n) is 1.86. The number of carbonyl (C=O) groups excluding carboxylic acids is 1. The Morgan fingerprint density at radius 3 is 2.67 bits per heavy atom. The minimum Gasteiger partial charge on any atom is -0.333 e. The predicted octanol–water partition coefficient (Wildman–Crippen LogP) is 3.90. The van der Waals surface area contributed by atoms with Crippen molar-refractivity contribution in [1.29, 1.82) is 0 Å². The molecular formula is C15H16F2N2OS. The highest BCUT2D eigenvalue weighted by Crippen LogP contribution is 2.16. The Hall–Kier alpha value is -1.95. The summed E-state index contributed by atoms with van der Waals surface area (Å²) in [5.74, 6) is -1.82. The molecule has 1 unspecified atom stereocenters. The van der Waals surface area contributed by atoms with Gasteiger partial charge in [-0.2, -0.15) is 0 Å². The summed E-state index contributed by atoms with van der Waals surface area (Å²) in [6, 6.07) is 4.82. The molecule has 0 fully saturated rings. The molecule has 0 aliphatic heterocycles. The van der Waals surface area contributed by atoms with Crippen molar-refractivity contribution < 1.29 is 13.6 Å². The normalized spacial score (nSPS) is 12.0. The fraction of sp³-hybridized carbons (Fsp3) is 0.267. The van der Waals surface area contributed by atoms with Crippen molar-refractivity contribution in [1.82, 2.24) is 10.6 Å². The van der Waals surface area contributed by atoms with Crippen LogP contribution in [0.1, 0.15) is 29.0 Å². The zero-order chi connectivity index (χ0) is 15.4. The fourth-order valence-corrected chi connectivity index (χ4v) is 2.70. The maximum absolute atomic E-state index is 13.2. The molecule has 2 amide bonds. The second-order valence-corrected chi connectivity index (χ2v) is 5.75. The highest BCUT2D eigenvalue weighted by molar-refractivity contribution is 7.10. The molecule has 0 aliphatic rings. The Morgan fingerprint density at radius 1 is 1.29 bits per heavy atom. The molecule has 2 rings (SSSR count). The molecule has 1 atom stereocenters. The first-order chi connectivity index (χ1) is 9.97. The van der Waals surface area contributed by atoms with Crippen molar-refractivity contribution in [2.75, 3.05) is 0 Å². The Kier molecular flexibility index (Phi) is 4.90. The average Bonchev–Trinajstić information content (AvgIpc) is 2.85. The van der Waals surface area contributed by atoms with E-state index in [9.17, 15) is 13.6 Å². The lowest BCUT2D eigenvalue weighted by atomic mass is 10.1. The molecule has 112 valence electrons. The van der Waals surface area contributed by atoms with Gasteiger partial charge >= 0.3 is 6.03 Å². The standard InChI is InChI=1S/C15H16F2N2OS/c1-9-5-6-21-14(9)8-18-15(20)19-10(2)11-3-4-12(16)13(17)7-11/h3-7,10H,8H2,1-2H3,(H2,18,19,20). The second-order valence-electron chi connectivity index (χ2n) is 4.75. The summed E-state index contributed by atoms with van der Waals surface area (Å²) >= 11 is 1.58. The van der Waals surface area contributed by atoms with E-state index in [1.165, 1.54) is 6.07 Å². The number of amides is 2. The topological polar surface area (TPSA) is 41.1 Å². The third kappa shape index (κ3) is 4.01. The SMILES string of the molecule is Cc1ccsc1CNC(=O)NC(C)c1ccc(F)c(F)c1. The lowest BCUT2D eigenvalue weighted by Crippen LogP contribution is -2.36. The van der Waals surface area contributed by atoms with Gasteiger partial charge in [0.15, 0.2) is 11.6 Å². The molecule has 21 heavy (non-hydrogen) atoms. The van der Waals surface area contributed by atoms with Gasteiger partial charge in [0.1, 0.15) is 0 Å². The summed E-state index contributed by atoms with van der Waals surface area (Å²) in [7, 11) is 0. The van der Waals surface area contributed by atoms with Crippen LogP contribution >= 0.6 is 11.3 Å². The van der Waals surface area contributed by atoms with Gasteiger partial charge < -0.3 is 10.6 Å². The van der Waals surface area contributed by atoms with Crippen molar-refractivity contribution in [3.8, 4) is 0 Å². The first-order valence-corrected chi connectivity index (χ1v) is 7.37. The maximum atomic E-state index is 13.2. The Balaban J connectivity index is 1.89. The van der Waals surface area contributed by atoms with E-state index in [1.807, 2.05) is 18.4 Å². The number of nitrogens with one attached hydrogen (secondary N) is 2. The molecule has 2 aromatic rings. The van der Waals surface area contributed by atoms with Gasteiger partial charge in [0.25, 0.3) is 0 Å². The van der Waals surface area contributed by atoms with Gasteiger partial charge in [0.05, 0.1) is 12.6 Å². The summed E-state index contributed by atoms with van der Waals surface area (Å²) in [5, 5.41) is 7.40. The van der Waals surface area contributed by atoms with Crippen LogP contribution in [0, 0.1) is 18.6 Å². The highest BCUT2D eigenvalue weighted by Gasteiger charge is 2.12. The number of rotatable bonds is 4.